The van der Waals surface area contributed by atoms with Gasteiger partial charge in [-0.05, 0) is 5.57 Å². The van der Waals surface area contributed by atoms with Gasteiger partial charge < -0.3 is 20.5 Å². The molecule has 0 saturated carbocycles. The Bertz CT molecular complexity index is 1080. The topological polar surface area (TPSA) is 148 Å². The molecule has 0 spiro atoms. The molecule has 0 aliphatic carbocycles. The van der Waals surface area contributed by atoms with Gasteiger partial charge in [-0.2, -0.15) is 10.4 Å². The summed E-state index contributed by atoms with van der Waals surface area (Å²) >= 11 is 0. The lowest BCUT2D eigenvalue weighted by Gasteiger charge is -2.13. The summed E-state index contributed by atoms with van der Waals surface area (Å²) in [5.41, 5.74) is 8.91. The summed E-state index contributed by atoms with van der Waals surface area (Å²) in [6.07, 6.45) is 5.26. The maximum absolute atomic E-state index is 8.81. The molecule has 4 N–H and O–H groups in total. The number of nitrogens with two attached hydrogens (primary N) is 1. The summed E-state index contributed by atoms with van der Waals surface area (Å²) in [7, 11) is 0. The molecule has 4 rings (SSSR count). The third kappa shape index (κ3) is 3.85. The van der Waals surface area contributed by atoms with Gasteiger partial charge in [0.2, 0.25) is 0 Å². The van der Waals surface area contributed by atoms with Crippen molar-refractivity contribution in [2.24, 2.45) is 5.73 Å². The van der Waals surface area contributed by atoms with Gasteiger partial charge in [-0.1, -0.05) is 6.58 Å². The van der Waals surface area contributed by atoms with Crippen LogP contribution >= 0.6 is 0 Å². The zero-order valence-corrected chi connectivity index (χ0v) is 15.5. The van der Waals surface area contributed by atoms with Crippen LogP contribution in [0, 0.1) is 11.3 Å². The van der Waals surface area contributed by atoms with Crippen LogP contribution in [0.3, 0.4) is 0 Å². The predicted molar refractivity (Wildman–Crippen MR) is 105 cm³/mol. The number of aromatic nitrogens is 5. The maximum atomic E-state index is 8.81. The molecule has 1 aliphatic rings. The maximum Gasteiger partial charge on any atom is 0.158 e. The molecule has 0 bridgehead atoms. The van der Waals surface area contributed by atoms with Crippen LogP contribution in [-0.4, -0.2) is 44.9 Å². The molecule has 0 atom stereocenters. The Kier molecular flexibility index (Phi) is 5.05. The second-order valence-corrected chi connectivity index (χ2v) is 6.31. The van der Waals surface area contributed by atoms with Crippen LogP contribution in [0.15, 0.2) is 36.8 Å². The van der Waals surface area contributed by atoms with Crippen LogP contribution in [0.1, 0.15) is 11.4 Å². The highest BCUT2D eigenvalue weighted by atomic mass is 16.5. The minimum atomic E-state index is 0.239. The summed E-state index contributed by atoms with van der Waals surface area (Å²) in [4.78, 5) is 12.5. The predicted octanol–water partition coefficient (Wildman–Crippen LogP) is 1.71. The molecule has 0 fully saturated rings. The van der Waals surface area contributed by atoms with Crippen molar-refractivity contribution in [3.8, 4) is 28.8 Å². The van der Waals surface area contributed by atoms with Crippen molar-refractivity contribution in [3.63, 3.8) is 0 Å². The van der Waals surface area contributed by atoms with E-state index in [1.165, 1.54) is 12.4 Å². The lowest BCUT2D eigenvalue weighted by molar-refractivity contribution is 0.339. The van der Waals surface area contributed by atoms with Crippen molar-refractivity contribution < 1.29 is 9.47 Å². The zero-order chi connectivity index (χ0) is 20.2. The lowest BCUT2D eigenvalue weighted by atomic mass is 10.1. The first-order chi connectivity index (χ1) is 14.2. The van der Waals surface area contributed by atoms with Crippen molar-refractivity contribution >= 4 is 11.6 Å². The fraction of sp³-hybridized carbons (Fsp3) is 0.211. The quantitative estimate of drug-likeness (QED) is 0.513. The molecule has 0 unspecified atom stereocenters. The molecule has 10 nitrogen and oxygen atoms in total. The van der Waals surface area contributed by atoms with Crippen LogP contribution < -0.4 is 20.5 Å². The smallest absolute Gasteiger partial charge is 0.158 e. The molecule has 0 radical (unpaired) electrons. The summed E-state index contributed by atoms with van der Waals surface area (Å²) in [6, 6.07) is 3.73. The second kappa shape index (κ2) is 7.95. The molecule has 3 aromatic rings. The van der Waals surface area contributed by atoms with E-state index in [2.05, 4.69) is 37.0 Å². The summed E-state index contributed by atoms with van der Waals surface area (Å²) in [5.74, 6) is 2.22. The van der Waals surface area contributed by atoms with Crippen molar-refractivity contribution in [1.82, 2.24) is 25.1 Å². The van der Waals surface area contributed by atoms with Gasteiger partial charge in [-0.3, -0.25) is 10.1 Å². The molecular formula is C19H18N8O2. The van der Waals surface area contributed by atoms with Crippen molar-refractivity contribution in [1.29, 1.82) is 5.26 Å². The zero-order valence-electron chi connectivity index (χ0n) is 15.5. The number of nitrogens with zero attached hydrogens (tertiary/aromatic N) is 5. The first-order valence-electron chi connectivity index (χ1n) is 8.87. The Morgan fingerprint density at radius 2 is 2.21 bits per heavy atom. The summed E-state index contributed by atoms with van der Waals surface area (Å²) in [6.45, 7) is 5.05. The van der Waals surface area contributed by atoms with E-state index in [0.717, 1.165) is 23.3 Å². The minimum absolute atomic E-state index is 0.239. The fourth-order valence-corrected chi connectivity index (χ4v) is 2.80. The molecule has 10 heteroatoms. The van der Waals surface area contributed by atoms with Crippen molar-refractivity contribution in [2.75, 3.05) is 25.1 Å². The number of aromatic amines is 1. The molecule has 29 heavy (non-hydrogen) atoms. The number of nitrogens with one attached hydrogen (secondary N) is 2. The van der Waals surface area contributed by atoms with Gasteiger partial charge in [0.15, 0.2) is 23.0 Å². The third-order valence-corrected chi connectivity index (χ3v) is 4.25. The highest BCUT2D eigenvalue weighted by Gasteiger charge is 2.24. The number of hydrogen-bond acceptors (Lipinski definition) is 9. The van der Waals surface area contributed by atoms with E-state index in [-0.39, 0.29) is 12.3 Å². The summed E-state index contributed by atoms with van der Waals surface area (Å²) in [5, 5.41) is 19.1. The molecule has 0 aromatic carbocycles. The number of H-pyrrole nitrogens is 1. The first-order valence-corrected chi connectivity index (χ1v) is 8.87. The van der Waals surface area contributed by atoms with Crippen LogP contribution in [-0.2, 0) is 6.42 Å². The normalized spacial score (nSPS) is 12.0. The van der Waals surface area contributed by atoms with E-state index in [0.29, 0.717) is 42.0 Å². The van der Waals surface area contributed by atoms with Crippen LogP contribution in [0.25, 0.3) is 11.3 Å². The van der Waals surface area contributed by atoms with Crippen LogP contribution in [0.4, 0.5) is 11.6 Å². The Hall–Kier alpha value is -3.97. The molecule has 3 aromatic heterocycles. The largest absolute Gasteiger partial charge is 0.490 e. The molecule has 4 heterocycles. The number of ether oxygens (including phenoxy) is 2. The Balaban J connectivity index is 1.63. The summed E-state index contributed by atoms with van der Waals surface area (Å²) < 4.78 is 11.7. The second-order valence-electron chi connectivity index (χ2n) is 6.31. The number of nitriles is 1. The molecule has 0 saturated heterocycles. The monoisotopic (exact) mass is 390 g/mol. The Labute approximate surface area is 166 Å². The highest BCUT2D eigenvalue weighted by molar-refractivity contribution is 5.77. The molecule has 0 amide bonds. The van der Waals surface area contributed by atoms with Gasteiger partial charge in [0.25, 0.3) is 0 Å². The van der Waals surface area contributed by atoms with E-state index in [1.807, 2.05) is 12.1 Å². The molecule has 146 valence electrons. The van der Waals surface area contributed by atoms with Gasteiger partial charge in [-0.25, -0.2) is 9.97 Å². The number of anilines is 2. The minimum Gasteiger partial charge on any atom is -0.490 e. The van der Waals surface area contributed by atoms with Gasteiger partial charge in [-0.15, -0.1) is 0 Å². The highest BCUT2D eigenvalue weighted by Crippen LogP contribution is 2.42. The number of hydrogen-bond donors (Lipinski definition) is 3. The first kappa shape index (κ1) is 18.4. The molecular weight excluding hydrogens is 372 g/mol. The van der Waals surface area contributed by atoms with Crippen molar-refractivity contribution in [3.05, 3.63) is 48.2 Å². The van der Waals surface area contributed by atoms with E-state index in [1.54, 1.807) is 6.20 Å². The Morgan fingerprint density at radius 1 is 1.31 bits per heavy atom. The van der Waals surface area contributed by atoms with Gasteiger partial charge in [0.1, 0.15) is 18.5 Å². The number of rotatable bonds is 7. The third-order valence-electron chi connectivity index (χ3n) is 4.25. The number of pyridine rings is 1. The fourth-order valence-electron chi connectivity index (χ4n) is 2.80. The van der Waals surface area contributed by atoms with Crippen LogP contribution in [0.2, 0.25) is 0 Å². The Morgan fingerprint density at radius 3 is 2.97 bits per heavy atom. The lowest BCUT2D eigenvalue weighted by Crippen LogP contribution is -2.10. The van der Waals surface area contributed by atoms with Crippen molar-refractivity contribution in [2.45, 2.75) is 6.42 Å². The number of fused-ring (bicyclic) bond motifs is 1. The van der Waals surface area contributed by atoms with E-state index < -0.39 is 0 Å². The average molecular weight is 390 g/mol. The van der Waals surface area contributed by atoms with Gasteiger partial charge >= 0.3 is 0 Å². The average Bonchev–Trinajstić information content (AvgIpc) is 3.41. The molecule has 1 aliphatic heterocycles. The van der Waals surface area contributed by atoms with E-state index in [9.17, 15) is 0 Å². The van der Waals surface area contributed by atoms with E-state index >= 15 is 0 Å². The van der Waals surface area contributed by atoms with Crippen LogP contribution in [0.5, 0.6) is 11.5 Å². The van der Waals surface area contributed by atoms with E-state index in [4.69, 9.17) is 20.5 Å². The SMILES string of the molecule is C=C(CN)COc1cnc2c(c1-c1cc(Nc3cnc(C#N)cn3)n[nH]1)OCC2. The standard InChI is InChI=1S/C19H18N8O2/c1-11(5-20)10-29-15-8-23-13-2-3-28-19(13)18(15)14-4-16(27-26-14)25-17-9-22-12(6-21)7-24-17/h4,7-9H,1-3,5,10,20H2,(H2,24,25,26,27). The van der Waals surface area contributed by atoms with Gasteiger partial charge in [0.05, 0.1) is 42.1 Å². The van der Waals surface area contributed by atoms with Gasteiger partial charge in [0, 0.05) is 19.0 Å².